The Labute approximate surface area is 159 Å². The van der Waals surface area contributed by atoms with Crippen molar-refractivity contribution in [2.24, 2.45) is 0 Å². The molecule has 2 aromatic rings. The van der Waals surface area contributed by atoms with E-state index in [1.807, 2.05) is 18.2 Å². The van der Waals surface area contributed by atoms with Gasteiger partial charge in [-0.1, -0.05) is 30.3 Å². The lowest BCUT2D eigenvalue weighted by atomic mass is 10.1. The van der Waals surface area contributed by atoms with Crippen molar-refractivity contribution in [3.05, 3.63) is 53.0 Å². The second-order valence-corrected chi connectivity index (χ2v) is 6.68. The molecule has 140 valence electrons. The average molecular weight is 377 g/mol. The van der Waals surface area contributed by atoms with Crippen molar-refractivity contribution >= 4 is 18.2 Å². The highest BCUT2D eigenvalue weighted by atomic mass is 35.5. The molecule has 3 heterocycles. The van der Waals surface area contributed by atoms with E-state index >= 15 is 0 Å². The number of hydrogen-bond donors (Lipinski definition) is 3. The van der Waals surface area contributed by atoms with E-state index in [0.29, 0.717) is 19.6 Å². The van der Waals surface area contributed by atoms with Gasteiger partial charge in [-0.05, 0) is 18.5 Å². The van der Waals surface area contributed by atoms with Gasteiger partial charge >= 0.3 is 0 Å². The van der Waals surface area contributed by atoms with E-state index in [0.717, 1.165) is 43.3 Å². The molecule has 1 aromatic carbocycles. The van der Waals surface area contributed by atoms with E-state index in [9.17, 15) is 5.11 Å². The maximum atomic E-state index is 10.1. The van der Waals surface area contributed by atoms with Gasteiger partial charge in [-0.15, -0.1) is 12.4 Å². The molecule has 2 aliphatic rings. The van der Waals surface area contributed by atoms with Crippen LogP contribution in [0.3, 0.4) is 0 Å². The molecule has 0 unspecified atom stereocenters. The molecule has 7 heteroatoms. The molecule has 0 aliphatic carbocycles. The SMILES string of the molecule is Cl.O[C@@H]1COC[C@H]1Nc1nc(Cc2ccccc2)nc2c1CCNCC2. The van der Waals surface area contributed by atoms with Crippen LogP contribution in [0.15, 0.2) is 30.3 Å². The molecule has 26 heavy (non-hydrogen) atoms. The van der Waals surface area contributed by atoms with Crippen molar-refractivity contribution in [3.63, 3.8) is 0 Å². The lowest BCUT2D eigenvalue weighted by Gasteiger charge is -2.20. The minimum absolute atomic E-state index is 0. The van der Waals surface area contributed by atoms with Crippen molar-refractivity contribution in [2.45, 2.75) is 31.4 Å². The normalized spacial score (nSPS) is 22.2. The number of benzene rings is 1. The first kappa shape index (κ1) is 19.0. The van der Waals surface area contributed by atoms with Gasteiger partial charge in [0.15, 0.2) is 0 Å². The Morgan fingerprint density at radius 3 is 2.69 bits per heavy atom. The number of nitrogens with zero attached hydrogens (tertiary/aromatic N) is 2. The van der Waals surface area contributed by atoms with E-state index in [4.69, 9.17) is 14.7 Å². The zero-order chi connectivity index (χ0) is 17.1. The number of hydrogen-bond acceptors (Lipinski definition) is 6. The van der Waals surface area contributed by atoms with Crippen LogP contribution in [0.25, 0.3) is 0 Å². The largest absolute Gasteiger partial charge is 0.388 e. The lowest BCUT2D eigenvalue weighted by molar-refractivity contribution is 0.125. The highest BCUT2D eigenvalue weighted by Crippen LogP contribution is 2.23. The Balaban J connectivity index is 0.00000196. The summed E-state index contributed by atoms with van der Waals surface area (Å²) in [6.07, 6.45) is 2.01. The Morgan fingerprint density at radius 1 is 1.12 bits per heavy atom. The lowest BCUT2D eigenvalue weighted by Crippen LogP contribution is -2.33. The Kier molecular flexibility index (Phi) is 6.43. The van der Waals surface area contributed by atoms with Crippen LogP contribution in [0.2, 0.25) is 0 Å². The molecule has 0 radical (unpaired) electrons. The summed E-state index contributed by atoms with van der Waals surface area (Å²) in [5.74, 6) is 1.68. The third-order valence-corrected chi connectivity index (χ3v) is 4.81. The second-order valence-electron chi connectivity index (χ2n) is 6.68. The van der Waals surface area contributed by atoms with E-state index in [1.165, 1.54) is 11.1 Å². The summed E-state index contributed by atoms with van der Waals surface area (Å²) in [7, 11) is 0. The average Bonchev–Trinajstić information content (AvgIpc) is 2.88. The van der Waals surface area contributed by atoms with E-state index in [-0.39, 0.29) is 18.4 Å². The van der Waals surface area contributed by atoms with Crippen molar-refractivity contribution < 1.29 is 9.84 Å². The number of anilines is 1. The Bertz CT molecular complexity index is 729. The Morgan fingerprint density at radius 2 is 1.92 bits per heavy atom. The topological polar surface area (TPSA) is 79.3 Å². The zero-order valence-electron chi connectivity index (χ0n) is 14.6. The molecule has 4 rings (SSSR count). The summed E-state index contributed by atoms with van der Waals surface area (Å²) >= 11 is 0. The van der Waals surface area contributed by atoms with Gasteiger partial charge in [-0.25, -0.2) is 9.97 Å². The molecule has 0 amide bonds. The predicted octanol–water partition coefficient (Wildman–Crippen LogP) is 1.35. The molecule has 2 atom stereocenters. The van der Waals surface area contributed by atoms with E-state index < -0.39 is 6.10 Å². The standard InChI is InChI=1S/C19H24N4O2.ClH/c24-17-12-25-11-16(17)22-19-14-6-8-20-9-7-15(14)21-18(23-19)10-13-4-2-1-3-5-13;/h1-5,16-17,20,24H,6-12H2,(H,21,22,23);1H/t16-,17-;/m1./s1. The highest BCUT2D eigenvalue weighted by Gasteiger charge is 2.28. The number of aliphatic hydroxyl groups excluding tert-OH is 1. The fourth-order valence-corrected chi connectivity index (χ4v) is 3.43. The van der Waals surface area contributed by atoms with Crippen molar-refractivity contribution in [2.75, 3.05) is 31.6 Å². The van der Waals surface area contributed by atoms with E-state index in [2.05, 4.69) is 22.8 Å². The van der Waals surface area contributed by atoms with Crippen LogP contribution in [0.4, 0.5) is 5.82 Å². The molecule has 0 spiro atoms. The first-order chi connectivity index (χ1) is 12.3. The number of aliphatic hydroxyl groups is 1. The van der Waals surface area contributed by atoms with Gasteiger partial charge in [-0.2, -0.15) is 0 Å². The highest BCUT2D eigenvalue weighted by molar-refractivity contribution is 5.85. The van der Waals surface area contributed by atoms with Crippen LogP contribution in [-0.4, -0.2) is 53.5 Å². The first-order valence-electron chi connectivity index (χ1n) is 8.95. The second kappa shape index (κ2) is 8.77. The van der Waals surface area contributed by atoms with Gasteiger partial charge < -0.3 is 20.5 Å². The quantitative estimate of drug-likeness (QED) is 0.747. The summed E-state index contributed by atoms with van der Waals surface area (Å²) in [5, 5.41) is 16.9. The number of ether oxygens (including phenoxy) is 1. The fraction of sp³-hybridized carbons (Fsp3) is 0.474. The number of rotatable bonds is 4. The van der Waals surface area contributed by atoms with Gasteiger partial charge in [0.1, 0.15) is 11.6 Å². The van der Waals surface area contributed by atoms with Crippen LogP contribution in [0, 0.1) is 0 Å². The summed E-state index contributed by atoms with van der Waals surface area (Å²) in [6, 6.07) is 10.2. The van der Waals surface area contributed by atoms with Crippen molar-refractivity contribution in [1.82, 2.24) is 15.3 Å². The van der Waals surface area contributed by atoms with Crippen LogP contribution >= 0.6 is 12.4 Å². The number of fused-ring (bicyclic) bond motifs is 1. The van der Waals surface area contributed by atoms with Gasteiger partial charge in [0.25, 0.3) is 0 Å². The third kappa shape index (κ3) is 4.32. The smallest absolute Gasteiger partial charge is 0.135 e. The molecule has 2 aliphatic heterocycles. The van der Waals surface area contributed by atoms with Crippen LogP contribution in [-0.2, 0) is 24.0 Å². The van der Waals surface area contributed by atoms with Gasteiger partial charge in [-0.3, -0.25) is 0 Å². The zero-order valence-corrected chi connectivity index (χ0v) is 15.5. The minimum Gasteiger partial charge on any atom is -0.388 e. The molecule has 1 fully saturated rings. The summed E-state index contributed by atoms with van der Waals surface area (Å²) in [4.78, 5) is 9.64. The summed E-state index contributed by atoms with van der Waals surface area (Å²) in [5.41, 5.74) is 3.48. The molecule has 1 saturated heterocycles. The monoisotopic (exact) mass is 376 g/mol. The van der Waals surface area contributed by atoms with Crippen LogP contribution in [0.1, 0.15) is 22.6 Å². The van der Waals surface area contributed by atoms with Crippen molar-refractivity contribution in [3.8, 4) is 0 Å². The fourth-order valence-electron chi connectivity index (χ4n) is 3.43. The Hall–Kier alpha value is -1.73. The van der Waals surface area contributed by atoms with Crippen LogP contribution < -0.4 is 10.6 Å². The summed E-state index contributed by atoms with van der Waals surface area (Å²) < 4.78 is 5.37. The van der Waals surface area contributed by atoms with Crippen LogP contribution in [0.5, 0.6) is 0 Å². The molecular weight excluding hydrogens is 352 g/mol. The number of aromatic nitrogens is 2. The van der Waals surface area contributed by atoms with Gasteiger partial charge in [0, 0.05) is 24.9 Å². The van der Waals surface area contributed by atoms with E-state index in [1.54, 1.807) is 0 Å². The molecule has 6 nitrogen and oxygen atoms in total. The van der Waals surface area contributed by atoms with Gasteiger partial charge in [0.2, 0.25) is 0 Å². The third-order valence-electron chi connectivity index (χ3n) is 4.81. The minimum atomic E-state index is -0.493. The van der Waals surface area contributed by atoms with Gasteiger partial charge in [0.05, 0.1) is 31.1 Å². The molecule has 1 aromatic heterocycles. The number of nitrogens with one attached hydrogen (secondary N) is 2. The number of halogens is 1. The molecule has 0 bridgehead atoms. The maximum absolute atomic E-state index is 10.1. The summed E-state index contributed by atoms with van der Waals surface area (Å²) in [6.45, 7) is 2.74. The first-order valence-corrected chi connectivity index (χ1v) is 8.95. The van der Waals surface area contributed by atoms with Crippen molar-refractivity contribution in [1.29, 1.82) is 0 Å². The maximum Gasteiger partial charge on any atom is 0.135 e. The predicted molar refractivity (Wildman–Crippen MR) is 103 cm³/mol. The molecular formula is C19H25ClN4O2. The molecule has 3 N–H and O–H groups in total. The molecule has 0 saturated carbocycles.